The first kappa shape index (κ1) is 29.1. The van der Waals surface area contributed by atoms with E-state index >= 15 is 0 Å². The summed E-state index contributed by atoms with van der Waals surface area (Å²) in [4.78, 5) is 0. The molecule has 4 rings (SSSR count). The first-order valence-electron chi connectivity index (χ1n) is 13.4. The van der Waals surface area contributed by atoms with Gasteiger partial charge in [-0.05, 0) is 79.4 Å². The third kappa shape index (κ3) is 5.39. The number of rotatable bonds is 7. The van der Waals surface area contributed by atoms with Crippen LogP contribution in [0.1, 0.15) is 98.8 Å². The van der Waals surface area contributed by atoms with E-state index in [-0.39, 0.29) is 36.0 Å². The van der Waals surface area contributed by atoms with E-state index in [1.165, 1.54) is 38.5 Å². The normalized spacial score (nSPS) is 42.8. The fraction of sp³-hybridized carbons (Fsp3) is 0.926. The van der Waals surface area contributed by atoms with Crippen molar-refractivity contribution in [3.8, 4) is 0 Å². The molecule has 0 heterocycles. The van der Waals surface area contributed by atoms with Crippen LogP contribution in [0.5, 0.6) is 0 Å². The molecule has 7 heteroatoms. The second-order valence-electron chi connectivity index (χ2n) is 12.7. The molecule has 0 bridgehead atoms. The van der Waals surface area contributed by atoms with Crippen LogP contribution in [0.25, 0.3) is 0 Å². The second-order valence-corrected chi connectivity index (χ2v) is 13.8. The third-order valence-electron chi connectivity index (χ3n) is 10.6. The SMILES string of the molecule is CC(C)CCC[C@@H](C)[C@H]1CC[C@H]2[C@@H]3CC=C4C[C@@H](O)CC(OS(=O)(=O)[O-])[C@]4(C)[C@H]3CC[C@]12C.[Na+]. The minimum absolute atomic E-state index is 0. The van der Waals surface area contributed by atoms with Gasteiger partial charge in [-0.25, -0.2) is 8.42 Å². The molecule has 3 fully saturated rings. The summed E-state index contributed by atoms with van der Waals surface area (Å²) in [5, 5.41) is 10.4. The first-order chi connectivity index (χ1) is 15.4. The molecule has 0 radical (unpaired) electrons. The van der Waals surface area contributed by atoms with Gasteiger partial charge in [0, 0.05) is 11.8 Å². The van der Waals surface area contributed by atoms with E-state index in [2.05, 4.69) is 40.7 Å². The summed E-state index contributed by atoms with van der Waals surface area (Å²) < 4.78 is 39.9. The van der Waals surface area contributed by atoms with Gasteiger partial charge >= 0.3 is 29.6 Å². The van der Waals surface area contributed by atoms with Crippen molar-refractivity contribution in [1.29, 1.82) is 0 Å². The van der Waals surface area contributed by atoms with Crippen LogP contribution >= 0.6 is 0 Å². The Kier molecular flexibility index (Phi) is 9.21. The fourth-order valence-electron chi connectivity index (χ4n) is 8.98. The van der Waals surface area contributed by atoms with E-state index in [1.807, 2.05) is 0 Å². The number of aliphatic hydroxyl groups is 1. The molecule has 4 aliphatic carbocycles. The summed E-state index contributed by atoms with van der Waals surface area (Å²) in [6.07, 6.45) is 11.4. The van der Waals surface area contributed by atoms with Gasteiger partial charge in [-0.3, -0.25) is 4.18 Å². The summed E-state index contributed by atoms with van der Waals surface area (Å²) in [7, 11) is -4.83. The summed E-state index contributed by atoms with van der Waals surface area (Å²) in [6.45, 7) is 11.7. The Morgan fingerprint density at radius 1 is 1.15 bits per heavy atom. The average molecular weight is 505 g/mol. The van der Waals surface area contributed by atoms with E-state index in [0.29, 0.717) is 29.6 Å². The molecule has 0 aromatic rings. The van der Waals surface area contributed by atoms with Crippen molar-refractivity contribution >= 4 is 10.4 Å². The molecule has 0 aromatic carbocycles. The van der Waals surface area contributed by atoms with E-state index < -0.39 is 28.0 Å². The number of aliphatic hydroxyl groups excluding tert-OH is 1. The molecular weight excluding hydrogens is 459 g/mol. The largest absolute Gasteiger partial charge is 1.00 e. The Bertz CT molecular complexity index is 857. The number of hydrogen-bond acceptors (Lipinski definition) is 5. The van der Waals surface area contributed by atoms with E-state index in [1.54, 1.807) is 0 Å². The summed E-state index contributed by atoms with van der Waals surface area (Å²) in [5.74, 6) is 3.72. The van der Waals surface area contributed by atoms with Crippen LogP contribution in [0.15, 0.2) is 11.6 Å². The van der Waals surface area contributed by atoms with Crippen LogP contribution in [0.2, 0.25) is 0 Å². The number of fused-ring (bicyclic) bond motifs is 5. The Morgan fingerprint density at radius 2 is 1.85 bits per heavy atom. The maximum atomic E-state index is 11.6. The van der Waals surface area contributed by atoms with Crippen molar-refractivity contribution < 1.29 is 51.8 Å². The maximum Gasteiger partial charge on any atom is 1.00 e. The van der Waals surface area contributed by atoms with Crippen molar-refractivity contribution in [3.63, 3.8) is 0 Å². The van der Waals surface area contributed by atoms with Crippen LogP contribution in [-0.2, 0) is 14.6 Å². The molecule has 0 amide bonds. The van der Waals surface area contributed by atoms with Gasteiger partial charge in [0.1, 0.15) is 0 Å². The zero-order valence-electron chi connectivity index (χ0n) is 22.3. The van der Waals surface area contributed by atoms with Crippen LogP contribution in [-0.4, -0.2) is 30.3 Å². The predicted octanol–water partition coefficient (Wildman–Crippen LogP) is 2.85. The monoisotopic (exact) mass is 504 g/mol. The van der Waals surface area contributed by atoms with Crippen molar-refractivity contribution in [1.82, 2.24) is 0 Å². The second kappa shape index (κ2) is 10.7. The van der Waals surface area contributed by atoms with Crippen molar-refractivity contribution in [3.05, 3.63) is 11.6 Å². The Labute approximate surface area is 230 Å². The molecule has 5 nitrogen and oxygen atoms in total. The Balaban J connectivity index is 0.00000324. The van der Waals surface area contributed by atoms with Gasteiger partial charge in [-0.15, -0.1) is 0 Å². The Hall–Kier alpha value is 0.570. The van der Waals surface area contributed by atoms with E-state index in [0.717, 1.165) is 36.2 Å². The molecule has 190 valence electrons. The number of hydrogen-bond donors (Lipinski definition) is 1. The molecule has 3 saturated carbocycles. The molecule has 0 aromatic heterocycles. The van der Waals surface area contributed by atoms with Crippen LogP contribution in [0.4, 0.5) is 0 Å². The summed E-state index contributed by atoms with van der Waals surface area (Å²) in [6, 6.07) is 0. The Morgan fingerprint density at radius 3 is 2.50 bits per heavy atom. The topological polar surface area (TPSA) is 86.7 Å². The predicted molar refractivity (Wildman–Crippen MR) is 129 cm³/mol. The van der Waals surface area contributed by atoms with Gasteiger partial charge < -0.3 is 9.66 Å². The van der Waals surface area contributed by atoms with Crippen molar-refractivity contribution in [2.45, 2.75) is 111 Å². The van der Waals surface area contributed by atoms with Gasteiger partial charge in [0.25, 0.3) is 0 Å². The molecule has 1 N–H and O–H groups in total. The zero-order chi connectivity index (χ0) is 24.2. The van der Waals surface area contributed by atoms with Gasteiger partial charge in [-0.1, -0.05) is 65.5 Å². The van der Waals surface area contributed by atoms with Crippen LogP contribution in [0, 0.1) is 46.3 Å². The minimum atomic E-state index is -4.83. The molecule has 0 aliphatic heterocycles. The smallest absolute Gasteiger partial charge is 0.726 e. The fourth-order valence-corrected chi connectivity index (χ4v) is 9.54. The maximum absolute atomic E-state index is 11.6. The van der Waals surface area contributed by atoms with E-state index in [4.69, 9.17) is 4.18 Å². The molecule has 0 spiro atoms. The van der Waals surface area contributed by atoms with Crippen LogP contribution in [0.3, 0.4) is 0 Å². The van der Waals surface area contributed by atoms with Gasteiger partial charge in [0.05, 0.1) is 12.2 Å². The van der Waals surface area contributed by atoms with Crippen molar-refractivity contribution in [2.24, 2.45) is 46.3 Å². The zero-order valence-corrected chi connectivity index (χ0v) is 25.1. The van der Waals surface area contributed by atoms with E-state index in [9.17, 15) is 18.1 Å². The molecular formula is C27H45NaO5S. The van der Waals surface area contributed by atoms with Gasteiger partial charge in [0.15, 0.2) is 0 Å². The summed E-state index contributed by atoms with van der Waals surface area (Å²) in [5.41, 5.74) is 0.966. The van der Waals surface area contributed by atoms with Crippen LogP contribution < -0.4 is 29.6 Å². The first-order valence-corrected chi connectivity index (χ1v) is 14.7. The molecule has 9 atom stereocenters. The molecule has 4 aliphatic rings. The molecule has 34 heavy (non-hydrogen) atoms. The van der Waals surface area contributed by atoms with Gasteiger partial charge in [-0.2, -0.15) is 0 Å². The van der Waals surface area contributed by atoms with Crippen molar-refractivity contribution in [2.75, 3.05) is 0 Å². The molecule has 0 saturated heterocycles. The van der Waals surface area contributed by atoms with Gasteiger partial charge in [0.2, 0.25) is 10.4 Å². The minimum Gasteiger partial charge on any atom is -0.726 e. The summed E-state index contributed by atoms with van der Waals surface area (Å²) >= 11 is 0. The molecule has 1 unspecified atom stereocenters. The third-order valence-corrected chi connectivity index (χ3v) is 11.0. The quantitative estimate of drug-likeness (QED) is 0.249. The standard InChI is InChI=1S/C27H46O5S.Na/c1-17(2)7-6-8-18(3)22-11-12-23-21-10-9-19-15-20(28)16-25(32-33(29,30)31)27(19,5)24(21)13-14-26(22,23)4;/h9,17-18,20-25,28H,6-8,10-16H2,1-5H3,(H,29,30,31);/q;+1/p-1/t18-,20-,21+,22-,23+,24+,25?,26-,27+;/m1./s1. The number of allylic oxidation sites excluding steroid dienone is 1. The average Bonchev–Trinajstić information content (AvgIpc) is 3.05.